The molecule has 8 heteroatoms. The number of aliphatic hydroxyl groups is 1. The lowest BCUT2D eigenvalue weighted by Crippen LogP contribution is -2.09. The van der Waals surface area contributed by atoms with E-state index < -0.39 is 0 Å². The van der Waals surface area contributed by atoms with Crippen molar-refractivity contribution in [2.45, 2.75) is 39.3 Å². The number of methoxy groups -OCH3 is 1. The topological polar surface area (TPSA) is 98.2 Å². The van der Waals surface area contributed by atoms with Crippen LogP contribution in [0.25, 0.3) is 11.0 Å². The number of nitrogens with one attached hydrogen (secondary N) is 1. The predicted octanol–water partition coefficient (Wildman–Crippen LogP) is 3.93. The molecule has 0 radical (unpaired) electrons. The Kier molecular flexibility index (Phi) is 6.74. The largest absolute Gasteiger partial charge is 0.496 e. The van der Waals surface area contributed by atoms with Crippen LogP contribution >= 0.6 is 15.9 Å². The van der Waals surface area contributed by atoms with E-state index in [1.165, 1.54) is 0 Å². The van der Waals surface area contributed by atoms with Gasteiger partial charge < -0.3 is 25.5 Å². The number of benzene rings is 1. The van der Waals surface area contributed by atoms with E-state index in [0.29, 0.717) is 6.54 Å². The van der Waals surface area contributed by atoms with Crippen molar-refractivity contribution in [3.8, 4) is 5.75 Å². The van der Waals surface area contributed by atoms with Gasteiger partial charge in [-0.2, -0.15) is 4.98 Å². The minimum Gasteiger partial charge on any atom is -0.496 e. The Labute approximate surface area is 173 Å². The Morgan fingerprint density at radius 3 is 2.82 bits per heavy atom. The third kappa shape index (κ3) is 4.39. The van der Waals surface area contributed by atoms with Crippen molar-refractivity contribution in [1.29, 1.82) is 0 Å². The monoisotopic (exact) mass is 447 g/mol. The van der Waals surface area contributed by atoms with Crippen molar-refractivity contribution in [2.24, 2.45) is 0 Å². The van der Waals surface area contributed by atoms with Crippen LogP contribution in [-0.2, 0) is 13.2 Å². The first kappa shape index (κ1) is 20.4. The predicted molar refractivity (Wildman–Crippen MR) is 116 cm³/mol. The van der Waals surface area contributed by atoms with E-state index in [1.807, 2.05) is 24.4 Å². The summed E-state index contributed by atoms with van der Waals surface area (Å²) < 4.78 is 8.46. The molecule has 28 heavy (non-hydrogen) atoms. The highest BCUT2D eigenvalue weighted by molar-refractivity contribution is 9.10. The van der Waals surface area contributed by atoms with E-state index in [2.05, 4.69) is 42.7 Å². The summed E-state index contributed by atoms with van der Waals surface area (Å²) in [7, 11) is 1.63. The molecule has 3 rings (SSSR count). The Morgan fingerprint density at radius 1 is 1.29 bits per heavy atom. The molecule has 0 aliphatic carbocycles. The van der Waals surface area contributed by atoms with E-state index in [9.17, 15) is 5.11 Å². The van der Waals surface area contributed by atoms with Gasteiger partial charge in [-0.15, -0.1) is 0 Å². The molecule has 4 N–H and O–H groups in total. The molecule has 1 aromatic carbocycles. The van der Waals surface area contributed by atoms with Gasteiger partial charge in [0.05, 0.1) is 24.7 Å². The minimum absolute atomic E-state index is 0.0203. The fourth-order valence-corrected chi connectivity index (χ4v) is 3.73. The molecule has 0 saturated heterocycles. The molecule has 3 aromatic rings. The van der Waals surface area contributed by atoms with Crippen LogP contribution in [0.4, 0.5) is 11.8 Å². The van der Waals surface area contributed by atoms with Gasteiger partial charge in [-0.1, -0.05) is 31.9 Å². The second kappa shape index (κ2) is 9.25. The van der Waals surface area contributed by atoms with Crippen LogP contribution in [0.15, 0.2) is 28.9 Å². The van der Waals surface area contributed by atoms with Crippen molar-refractivity contribution in [1.82, 2.24) is 14.5 Å². The van der Waals surface area contributed by atoms with E-state index in [0.717, 1.165) is 64.0 Å². The average molecular weight is 448 g/mol. The molecule has 0 spiro atoms. The second-order valence-electron chi connectivity index (χ2n) is 6.67. The highest BCUT2D eigenvalue weighted by atomic mass is 79.9. The normalized spacial score (nSPS) is 11.1. The van der Waals surface area contributed by atoms with Gasteiger partial charge in [0, 0.05) is 18.3 Å². The molecular weight excluding hydrogens is 422 g/mol. The lowest BCUT2D eigenvalue weighted by Gasteiger charge is -2.14. The Balaban J connectivity index is 1.99. The first-order valence-electron chi connectivity index (χ1n) is 9.39. The average Bonchev–Trinajstić information content (AvgIpc) is 3.00. The van der Waals surface area contributed by atoms with Gasteiger partial charge in [0.1, 0.15) is 16.8 Å². The van der Waals surface area contributed by atoms with Crippen molar-refractivity contribution in [2.75, 3.05) is 24.7 Å². The number of aromatic nitrogens is 3. The number of nitrogen functional groups attached to an aromatic ring is 1. The highest BCUT2D eigenvalue weighted by Crippen LogP contribution is 2.32. The summed E-state index contributed by atoms with van der Waals surface area (Å²) in [5, 5.41) is 12.8. The molecule has 150 valence electrons. The summed E-state index contributed by atoms with van der Waals surface area (Å²) in [4.78, 5) is 8.84. The van der Waals surface area contributed by atoms with Gasteiger partial charge in [0.15, 0.2) is 5.82 Å². The van der Waals surface area contributed by atoms with Crippen LogP contribution in [-0.4, -0.2) is 33.3 Å². The maximum atomic E-state index is 9.36. The Bertz CT molecular complexity index is 957. The van der Waals surface area contributed by atoms with Crippen LogP contribution in [0.2, 0.25) is 0 Å². The molecule has 2 heterocycles. The zero-order valence-corrected chi connectivity index (χ0v) is 17.8. The lowest BCUT2D eigenvalue weighted by molar-refractivity contribution is 0.281. The van der Waals surface area contributed by atoms with Crippen LogP contribution in [0.1, 0.15) is 37.3 Å². The van der Waals surface area contributed by atoms with E-state index in [1.54, 1.807) is 7.11 Å². The lowest BCUT2D eigenvalue weighted by atomic mass is 10.1. The molecule has 0 aliphatic heterocycles. The number of nitrogens with two attached hydrogens (primary N) is 1. The molecule has 0 bridgehead atoms. The quantitative estimate of drug-likeness (QED) is 0.429. The van der Waals surface area contributed by atoms with Gasteiger partial charge >= 0.3 is 0 Å². The first-order chi connectivity index (χ1) is 13.6. The SMILES string of the molecule is CCCCCNc1nc(N)nc2c(Br)cn(Cc3ccc(CO)cc3OC)c12. The van der Waals surface area contributed by atoms with Crippen LogP contribution in [0, 0.1) is 0 Å². The highest BCUT2D eigenvalue weighted by Gasteiger charge is 2.16. The Morgan fingerprint density at radius 2 is 2.11 bits per heavy atom. The zero-order chi connectivity index (χ0) is 20.1. The zero-order valence-electron chi connectivity index (χ0n) is 16.2. The van der Waals surface area contributed by atoms with E-state index >= 15 is 0 Å². The third-order valence-corrected chi connectivity index (χ3v) is 5.21. The molecule has 7 nitrogen and oxygen atoms in total. The van der Waals surface area contributed by atoms with Crippen molar-refractivity contribution in [3.05, 3.63) is 40.0 Å². The van der Waals surface area contributed by atoms with Gasteiger partial charge in [-0.3, -0.25) is 0 Å². The minimum atomic E-state index is -0.0203. The molecule has 0 saturated carbocycles. The van der Waals surface area contributed by atoms with Crippen molar-refractivity contribution >= 4 is 38.7 Å². The van der Waals surface area contributed by atoms with Crippen molar-refractivity contribution in [3.63, 3.8) is 0 Å². The number of rotatable bonds is 9. The number of ether oxygens (including phenoxy) is 1. The standard InChI is InChI=1S/C20H26BrN5O2/c1-3-4-5-8-23-19-18-17(24-20(22)25-19)15(21)11-26(18)10-14-7-6-13(12-27)9-16(14)28-2/h6-7,9,11,27H,3-5,8,10,12H2,1-2H3,(H3,22,23,24,25). The molecule has 0 aliphatic rings. The second-order valence-corrected chi connectivity index (χ2v) is 7.53. The molecule has 0 fully saturated rings. The Hall–Kier alpha value is -2.32. The summed E-state index contributed by atoms with van der Waals surface area (Å²) in [6.45, 7) is 3.57. The smallest absolute Gasteiger partial charge is 0.222 e. The number of anilines is 2. The molecule has 0 amide bonds. The van der Waals surface area contributed by atoms with Crippen LogP contribution in [0.3, 0.4) is 0 Å². The number of halogens is 1. The maximum Gasteiger partial charge on any atom is 0.222 e. The molecule has 2 aromatic heterocycles. The van der Waals surface area contributed by atoms with Crippen LogP contribution < -0.4 is 15.8 Å². The fraction of sp³-hybridized carbons (Fsp3) is 0.400. The molecule has 0 unspecified atom stereocenters. The summed E-state index contributed by atoms with van der Waals surface area (Å²) in [6.07, 6.45) is 5.38. The number of aliphatic hydroxyl groups excluding tert-OH is 1. The van der Waals surface area contributed by atoms with Gasteiger partial charge in [0.2, 0.25) is 5.95 Å². The molecular formula is C20H26BrN5O2. The summed E-state index contributed by atoms with van der Waals surface area (Å²) in [5.74, 6) is 1.71. The van der Waals surface area contributed by atoms with E-state index in [4.69, 9.17) is 10.5 Å². The van der Waals surface area contributed by atoms with Crippen molar-refractivity contribution < 1.29 is 9.84 Å². The fourth-order valence-electron chi connectivity index (χ4n) is 3.20. The number of hydrogen-bond donors (Lipinski definition) is 3. The summed E-state index contributed by atoms with van der Waals surface area (Å²) >= 11 is 3.59. The number of unbranched alkanes of at least 4 members (excludes halogenated alkanes) is 2. The summed E-state index contributed by atoms with van der Waals surface area (Å²) in [6, 6.07) is 5.72. The summed E-state index contributed by atoms with van der Waals surface area (Å²) in [5.41, 5.74) is 9.41. The number of hydrogen-bond acceptors (Lipinski definition) is 6. The van der Waals surface area contributed by atoms with Gasteiger partial charge in [0.25, 0.3) is 0 Å². The number of nitrogens with zero attached hydrogens (tertiary/aromatic N) is 3. The third-order valence-electron chi connectivity index (χ3n) is 4.63. The maximum absolute atomic E-state index is 9.36. The van der Waals surface area contributed by atoms with Gasteiger partial charge in [-0.05, 0) is 34.0 Å². The number of fused-ring (bicyclic) bond motifs is 1. The molecule has 0 atom stereocenters. The first-order valence-corrected chi connectivity index (χ1v) is 10.2. The van der Waals surface area contributed by atoms with Crippen LogP contribution in [0.5, 0.6) is 5.75 Å². The van der Waals surface area contributed by atoms with Gasteiger partial charge in [-0.25, -0.2) is 4.98 Å². The van der Waals surface area contributed by atoms with E-state index in [-0.39, 0.29) is 12.6 Å².